The molecule has 1 aromatic carbocycles. The second kappa shape index (κ2) is 6.66. The summed E-state index contributed by atoms with van der Waals surface area (Å²) in [6, 6.07) is 7.73. The highest BCUT2D eigenvalue weighted by Gasteiger charge is 2.64. The molecule has 2 heterocycles. The lowest BCUT2D eigenvalue weighted by molar-refractivity contribution is -0.227. The van der Waals surface area contributed by atoms with Gasteiger partial charge in [0.2, 0.25) is 5.91 Å². The summed E-state index contributed by atoms with van der Waals surface area (Å²) in [5, 5.41) is 10.1. The number of carboxylic acid groups (broad SMARTS) is 1. The Kier molecular flexibility index (Phi) is 4.68. The Bertz CT molecular complexity index is 830. The Morgan fingerprint density at radius 2 is 2.00 bits per heavy atom. The molecule has 0 aliphatic carbocycles. The molecule has 1 aromatic heterocycles. The predicted molar refractivity (Wildman–Crippen MR) is 88.6 cm³/mol. The Morgan fingerprint density at radius 3 is 2.65 bits per heavy atom. The number of H-pyrrole nitrogens is 1. The van der Waals surface area contributed by atoms with Gasteiger partial charge in [0.15, 0.2) is 5.41 Å². The SMILES string of the molecule is O=C(CCCc1c[nH]c2ccccc12)N1CCC(C(=O)O)(C(F)(F)F)C1. The summed E-state index contributed by atoms with van der Waals surface area (Å²) in [5.41, 5.74) is -0.811. The van der Waals surface area contributed by atoms with Gasteiger partial charge in [-0.25, -0.2) is 0 Å². The third kappa shape index (κ3) is 3.15. The van der Waals surface area contributed by atoms with Crippen LogP contribution < -0.4 is 0 Å². The number of amides is 1. The maximum Gasteiger partial charge on any atom is 0.406 e. The van der Waals surface area contributed by atoms with Crippen molar-refractivity contribution in [1.29, 1.82) is 0 Å². The van der Waals surface area contributed by atoms with Crippen molar-refractivity contribution in [2.75, 3.05) is 13.1 Å². The van der Waals surface area contributed by atoms with E-state index in [4.69, 9.17) is 5.11 Å². The van der Waals surface area contributed by atoms with Crippen LogP contribution >= 0.6 is 0 Å². The fraction of sp³-hybridized carbons (Fsp3) is 0.444. The number of hydrogen-bond donors (Lipinski definition) is 2. The molecule has 140 valence electrons. The molecule has 0 saturated carbocycles. The molecule has 0 spiro atoms. The number of para-hydroxylation sites is 1. The molecule has 1 aliphatic heterocycles. The van der Waals surface area contributed by atoms with Gasteiger partial charge in [0.05, 0.1) is 0 Å². The Morgan fingerprint density at radius 1 is 1.27 bits per heavy atom. The van der Waals surface area contributed by atoms with Crippen LogP contribution in [0.1, 0.15) is 24.8 Å². The molecule has 26 heavy (non-hydrogen) atoms. The van der Waals surface area contributed by atoms with E-state index in [9.17, 15) is 22.8 Å². The van der Waals surface area contributed by atoms with Gasteiger partial charge in [-0.05, 0) is 30.9 Å². The molecule has 1 amide bonds. The summed E-state index contributed by atoms with van der Waals surface area (Å²) in [7, 11) is 0. The lowest BCUT2D eigenvalue weighted by Crippen LogP contribution is -2.47. The van der Waals surface area contributed by atoms with Gasteiger partial charge in [-0.15, -0.1) is 0 Å². The van der Waals surface area contributed by atoms with Crippen molar-refractivity contribution in [1.82, 2.24) is 9.88 Å². The first kappa shape index (κ1) is 18.3. The van der Waals surface area contributed by atoms with Crippen LogP contribution in [-0.4, -0.2) is 46.1 Å². The fourth-order valence-corrected chi connectivity index (χ4v) is 3.48. The third-order valence-electron chi connectivity index (χ3n) is 5.09. The summed E-state index contributed by atoms with van der Waals surface area (Å²) >= 11 is 0. The van der Waals surface area contributed by atoms with Crippen molar-refractivity contribution >= 4 is 22.8 Å². The van der Waals surface area contributed by atoms with Crippen LogP contribution in [0.5, 0.6) is 0 Å². The molecule has 3 rings (SSSR count). The number of nitrogens with one attached hydrogen (secondary N) is 1. The number of aliphatic carboxylic acids is 1. The normalized spacial score (nSPS) is 20.7. The quantitative estimate of drug-likeness (QED) is 0.850. The number of carbonyl (C=O) groups is 2. The standard InChI is InChI=1S/C18H19F3N2O3/c19-18(20,21)17(16(25)26)8-9-23(11-17)15(24)7-3-4-12-10-22-14-6-2-1-5-13(12)14/h1-2,5-6,10,22H,3-4,7-9,11H2,(H,25,26). The number of nitrogens with zero attached hydrogens (tertiary/aromatic N) is 1. The van der Waals surface area contributed by atoms with E-state index in [2.05, 4.69) is 4.98 Å². The minimum absolute atomic E-state index is 0.0903. The first-order valence-corrected chi connectivity index (χ1v) is 8.37. The topological polar surface area (TPSA) is 73.4 Å². The largest absolute Gasteiger partial charge is 0.481 e. The average Bonchev–Trinajstić information content (AvgIpc) is 3.20. The lowest BCUT2D eigenvalue weighted by atomic mass is 9.86. The molecule has 1 atom stereocenters. The zero-order valence-electron chi connectivity index (χ0n) is 14.0. The Labute approximate surface area is 147 Å². The maximum atomic E-state index is 13.2. The first-order valence-electron chi connectivity index (χ1n) is 8.37. The van der Waals surface area contributed by atoms with Crippen LogP contribution in [0.15, 0.2) is 30.5 Å². The van der Waals surface area contributed by atoms with Crippen LogP contribution in [0.2, 0.25) is 0 Å². The van der Waals surface area contributed by atoms with Crippen molar-refractivity contribution in [2.45, 2.75) is 31.9 Å². The van der Waals surface area contributed by atoms with Gasteiger partial charge >= 0.3 is 12.1 Å². The number of halogens is 3. The van der Waals surface area contributed by atoms with E-state index in [1.165, 1.54) is 0 Å². The molecule has 1 unspecified atom stereocenters. The Hall–Kier alpha value is -2.51. The van der Waals surface area contributed by atoms with Crippen molar-refractivity contribution in [3.8, 4) is 0 Å². The summed E-state index contributed by atoms with van der Waals surface area (Å²) in [4.78, 5) is 27.6. The van der Waals surface area contributed by atoms with E-state index in [1.54, 1.807) is 0 Å². The number of aromatic amines is 1. The smallest absolute Gasteiger partial charge is 0.406 e. The van der Waals surface area contributed by atoms with Crippen LogP contribution in [-0.2, 0) is 16.0 Å². The highest BCUT2D eigenvalue weighted by molar-refractivity contribution is 5.83. The molecule has 1 fully saturated rings. The second-order valence-electron chi connectivity index (χ2n) is 6.66. The van der Waals surface area contributed by atoms with Gasteiger partial charge < -0.3 is 15.0 Å². The van der Waals surface area contributed by atoms with Crippen molar-refractivity contribution < 1.29 is 27.9 Å². The van der Waals surface area contributed by atoms with E-state index in [1.807, 2.05) is 30.5 Å². The number of rotatable bonds is 5. The molecular weight excluding hydrogens is 349 g/mol. The van der Waals surface area contributed by atoms with E-state index in [-0.39, 0.29) is 13.0 Å². The van der Waals surface area contributed by atoms with Crippen molar-refractivity contribution in [2.24, 2.45) is 5.41 Å². The maximum absolute atomic E-state index is 13.2. The number of likely N-dealkylation sites (tertiary alicyclic amines) is 1. The number of benzene rings is 1. The minimum atomic E-state index is -4.88. The summed E-state index contributed by atoms with van der Waals surface area (Å²) in [5.74, 6) is -2.35. The molecular formula is C18H19F3N2O3. The van der Waals surface area contributed by atoms with Crippen LogP contribution in [0, 0.1) is 5.41 Å². The Balaban J connectivity index is 1.58. The van der Waals surface area contributed by atoms with E-state index in [0.717, 1.165) is 21.4 Å². The molecule has 5 nitrogen and oxygen atoms in total. The van der Waals surface area contributed by atoms with Gasteiger partial charge in [0.25, 0.3) is 0 Å². The number of aromatic nitrogens is 1. The molecule has 2 aromatic rings. The second-order valence-corrected chi connectivity index (χ2v) is 6.66. The average molecular weight is 368 g/mol. The molecule has 8 heteroatoms. The van der Waals surface area contributed by atoms with Crippen molar-refractivity contribution in [3.05, 3.63) is 36.0 Å². The highest BCUT2D eigenvalue weighted by atomic mass is 19.4. The first-order chi connectivity index (χ1) is 12.2. The number of carbonyl (C=O) groups excluding carboxylic acids is 1. The van der Waals surface area contributed by atoms with E-state index >= 15 is 0 Å². The van der Waals surface area contributed by atoms with Gasteiger partial charge in [0.1, 0.15) is 0 Å². The van der Waals surface area contributed by atoms with Gasteiger partial charge in [-0.3, -0.25) is 9.59 Å². The number of fused-ring (bicyclic) bond motifs is 1. The zero-order valence-corrected chi connectivity index (χ0v) is 14.0. The predicted octanol–water partition coefficient (Wildman–Crippen LogP) is 3.36. The van der Waals surface area contributed by atoms with Crippen LogP contribution in [0.25, 0.3) is 10.9 Å². The lowest BCUT2D eigenvalue weighted by Gasteiger charge is -2.27. The van der Waals surface area contributed by atoms with Crippen LogP contribution in [0.4, 0.5) is 13.2 Å². The summed E-state index contributed by atoms with van der Waals surface area (Å²) in [6.07, 6.45) is -2.41. The zero-order chi connectivity index (χ0) is 18.9. The number of alkyl halides is 3. The summed E-state index contributed by atoms with van der Waals surface area (Å²) < 4.78 is 39.5. The van der Waals surface area contributed by atoms with E-state index in [0.29, 0.717) is 12.8 Å². The van der Waals surface area contributed by atoms with Crippen LogP contribution in [0.3, 0.4) is 0 Å². The molecule has 0 bridgehead atoms. The molecule has 2 N–H and O–H groups in total. The van der Waals surface area contributed by atoms with Crippen molar-refractivity contribution in [3.63, 3.8) is 0 Å². The monoisotopic (exact) mass is 368 g/mol. The summed E-state index contributed by atoms with van der Waals surface area (Å²) in [6.45, 7) is -0.991. The molecule has 1 saturated heterocycles. The van der Waals surface area contributed by atoms with Gasteiger partial charge in [-0.1, -0.05) is 18.2 Å². The number of carboxylic acids is 1. The fourth-order valence-electron chi connectivity index (χ4n) is 3.48. The van der Waals surface area contributed by atoms with Gasteiger partial charge in [0, 0.05) is 36.6 Å². The third-order valence-corrected chi connectivity index (χ3v) is 5.09. The number of hydrogen-bond acceptors (Lipinski definition) is 2. The molecule has 1 aliphatic rings. The van der Waals surface area contributed by atoms with E-state index < -0.39 is 36.4 Å². The highest BCUT2D eigenvalue weighted by Crippen LogP contribution is 2.45. The number of aryl methyl sites for hydroxylation is 1. The minimum Gasteiger partial charge on any atom is -0.481 e. The molecule has 0 radical (unpaired) electrons. The van der Waals surface area contributed by atoms with Gasteiger partial charge in [-0.2, -0.15) is 13.2 Å².